The van der Waals surface area contributed by atoms with Gasteiger partial charge in [0.25, 0.3) is 11.8 Å². The van der Waals surface area contributed by atoms with Gasteiger partial charge in [0.2, 0.25) is 0 Å². The molecule has 1 saturated heterocycles. The van der Waals surface area contributed by atoms with E-state index in [1.54, 1.807) is 17.0 Å². The first-order valence-corrected chi connectivity index (χ1v) is 10.3. The van der Waals surface area contributed by atoms with Crippen molar-refractivity contribution in [1.82, 2.24) is 10.2 Å². The zero-order valence-corrected chi connectivity index (χ0v) is 18.1. The van der Waals surface area contributed by atoms with Gasteiger partial charge in [-0.05, 0) is 62.1 Å². The van der Waals surface area contributed by atoms with Gasteiger partial charge in [-0.3, -0.25) is 9.59 Å². The number of likely N-dealkylation sites (tertiary alicyclic amines) is 1. The molecule has 0 atom stereocenters. The molecule has 166 valence electrons. The molecule has 1 aliphatic heterocycles. The molecule has 1 heterocycles. The number of aryl methyl sites for hydroxylation is 2. The van der Waals surface area contributed by atoms with Gasteiger partial charge in [-0.1, -0.05) is 11.6 Å². The second-order valence-electron chi connectivity index (χ2n) is 7.66. The lowest BCUT2D eigenvalue weighted by Gasteiger charge is -2.32. The number of phenols is 3. The van der Waals surface area contributed by atoms with Crippen molar-refractivity contribution < 1.29 is 29.6 Å². The minimum Gasteiger partial charge on any atom is -0.504 e. The van der Waals surface area contributed by atoms with Gasteiger partial charge >= 0.3 is 0 Å². The Morgan fingerprint density at radius 2 is 1.61 bits per heavy atom. The number of amides is 2. The van der Waals surface area contributed by atoms with Crippen LogP contribution in [0.25, 0.3) is 0 Å². The van der Waals surface area contributed by atoms with Gasteiger partial charge in [-0.2, -0.15) is 0 Å². The second kappa shape index (κ2) is 9.34. The van der Waals surface area contributed by atoms with Gasteiger partial charge in [-0.25, -0.2) is 0 Å². The lowest BCUT2D eigenvalue weighted by Crippen LogP contribution is -2.47. The number of hydrogen-bond donors (Lipinski definition) is 4. The topological polar surface area (TPSA) is 119 Å². The third-order valence-electron chi connectivity index (χ3n) is 5.24. The predicted molar refractivity (Wildman–Crippen MR) is 115 cm³/mol. The number of nitrogens with one attached hydrogen (secondary N) is 1. The smallest absolute Gasteiger partial charge is 0.258 e. The Kier molecular flexibility index (Phi) is 6.80. The lowest BCUT2D eigenvalue weighted by molar-refractivity contribution is -0.124. The normalized spacial score (nSPS) is 14.4. The van der Waals surface area contributed by atoms with E-state index in [1.165, 1.54) is 0 Å². The number of carbonyl (C=O) groups excluding carboxylic acids is 2. The maximum Gasteiger partial charge on any atom is 0.258 e. The van der Waals surface area contributed by atoms with E-state index < -0.39 is 17.2 Å². The standard InChI is InChI=1S/C22H25ClN2O6/c1-12-7-16(8-13(2)20(12)23)31-11-19(28)24-15-3-5-25(6-4-15)22(30)14-9-17(26)21(29)18(27)10-14/h7-10,15,26-27,29H,3-6,11H2,1-2H3,(H,24,28). The number of nitrogens with zero attached hydrogens (tertiary/aromatic N) is 1. The summed E-state index contributed by atoms with van der Waals surface area (Å²) < 4.78 is 5.57. The third-order valence-corrected chi connectivity index (χ3v) is 5.84. The van der Waals surface area contributed by atoms with Crippen molar-refractivity contribution in [2.24, 2.45) is 0 Å². The molecule has 0 radical (unpaired) electrons. The van der Waals surface area contributed by atoms with E-state index in [2.05, 4.69) is 5.32 Å². The minimum atomic E-state index is -0.663. The molecule has 3 rings (SSSR count). The minimum absolute atomic E-state index is 0.0808. The van der Waals surface area contributed by atoms with Crippen molar-refractivity contribution in [2.75, 3.05) is 19.7 Å². The molecule has 4 N–H and O–H groups in total. The Hall–Kier alpha value is -3.13. The van der Waals surface area contributed by atoms with Crippen LogP contribution in [0.2, 0.25) is 5.02 Å². The molecule has 31 heavy (non-hydrogen) atoms. The van der Waals surface area contributed by atoms with Crippen LogP contribution in [-0.4, -0.2) is 57.8 Å². The fourth-order valence-corrected chi connectivity index (χ4v) is 3.65. The highest BCUT2D eigenvalue weighted by atomic mass is 35.5. The summed E-state index contributed by atoms with van der Waals surface area (Å²) in [6.45, 7) is 4.44. The van der Waals surface area contributed by atoms with Gasteiger partial charge in [0, 0.05) is 29.7 Å². The summed E-state index contributed by atoms with van der Waals surface area (Å²) in [6, 6.07) is 5.71. The van der Waals surface area contributed by atoms with Crippen LogP contribution in [0, 0.1) is 13.8 Å². The molecular weight excluding hydrogens is 424 g/mol. The molecule has 9 heteroatoms. The summed E-state index contributed by atoms with van der Waals surface area (Å²) in [6.07, 6.45) is 1.12. The summed E-state index contributed by atoms with van der Waals surface area (Å²) in [7, 11) is 0. The molecule has 8 nitrogen and oxygen atoms in total. The van der Waals surface area contributed by atoms with Crippen molar-refractivity contribution >= 4 is 23.4 Å². The molecule has 0 aromatic heterocycles. The van der Waals surface area contributed by atoms with Crippen LogP contribution >= 0.6 is 11.6 Å². The monoisotopic (exact) mass is 448 g/mol. The zero-order valence-electron chi connectivity index (χ0n) is 17.3. The molecule has 2 amide bonds. The van der Waals surface area contributed by atoms with E-state index in [-0.39, 0.29) is 30.0 Å². The Balaban J connectivity index is 1.48. The molecule has 2 aromatic carbocycles. The van der Waals surface area contributed by atoms with Gasteiger partial charge in [0.05, 0.1) is 0 Å². The quantitative estimate of drug-likeness (QED) is 0.522. The van der Waals surface area contributed by atoms with Crippen LogP contribution in [0.15, 0.2) is 24.3 Å². The fourth-order valence-electron chi connectivity index (χ4n) is 3.54. The number of phenolic OH excluding ortho intramolecular Hbond substituents is 3. The number of hydrogen-bond acceptors (Lipinski definition) is 6. The molecule has 1 aliphatic rings. The SMILES string of the molecule is Cc1cc(OCC(=O)NC2CCN(C(=O)c3cc(O)c(O)c(O)c3)CC2)cc(C)c1Cl. The summed E-state index contributed by atoms with van der Waals surface area (Å²) >= 11 is 6.14. The Bertz CT molecular complexity index is 955. The highest BCUT2D eigenvalue weighted by Crippen LogP contribution is 2.35. The number of ether oxygens (including phenoxy) is 1. The van der Waals surface area contributed by atoms with E-state index in [0.717, 1.165) is 23.3 Å². The van der Waals surface area contributed by atoms with Crippen LogP contribution < -0.4 is 10.1 Å². The largest absolute Gasteiger partial charge is 0.504 e. The Labute approximate surface area is 185 Å². The maximum atomic E-state index is 12.6. The average molecular weight is 449 g/mol. The molecule has 1 fully saturated rings. The second-order valence-corrected chi connectivity index (χ2v) is 8.03. The highest BCUT2D eigenvalue weighted by Gasteiger charge is 2.26. The number of aromatic hydroxyl groups is 3. The van der Waals surface area contributed by atoms with E-state index in [4.69, 9.17) is 16.3 Å². The van der Waals surface area contributed by atoms with E-state index in [1.807, 2.05) is 13.8 Å². The van der Waals surface area contributed by atoms with E-state index in [0.29, 0.717) is 36.7 Å². The van der Waals surface area contributed by atoms with Crippen LogP contribution in [0.3, 0.4) is 0 Å². The lowest BCUT2D eigenvalue weighted by atomic mass is 10.0. The molecule has 2 aromatic rings. The Morgan fingerprint density at radius 1 is 1.06 bits per heavy atom. The molecular formula is C22H25ClN2O6. The summed E-state index contributed by atoms with van der Waals surface area (Å²) in [5.41, 5.74) is 1.84. The third kappa shape index (κ3) is 5.32. The molecule has 0 aliphatic carbocycles. The van der Waals surface area contributed by atoms with E-state index in [9.17, 15) is 24.9 Å². The number of benzene rings is 2. The van der Waals surface area contributed by atoms with Crippen molar-refractivity contribution in [3.8, 4) is 23.0 Å². The number of carbonyl (C=O) groups is 2. The van der Waals surface area contributed by atoms with Gasteiger partial charge in [-0.15, -0.1) is 0 Å². The van der Waals surface area contributed by atoms with Crippen molar-refractivity contribution in [2.45, 2.75) is 32.7 Å². The van der Waals surface area contributed by atoms with Crippen molar-refractivity contribution in [3.05, 3.63) is 46.0 Å². The summed E-state index contributed by atoms with van der Waals surface area (Å²) in [5.74, 6) is -1.82. The fraction of sp³-hybridized carbons (Fsp3) is 0.364. The molecule has 0 unspecified atom stereocenters. The Morgan fingerprint density at radius 3 is 2.16 bits per heavy atom. The average Bonchev–Trinajstić information content (AvgIpc) is 2.74. The van der Waals surface area contributed by atoms with Crippen LogP contribution in [0.5, 0.6) is 23.0 Å². The number of rotatable bonds is 5. The molecule has 0 saturated carbocycles. The first-order valence-electron chi connectivity index (χ1n) is 9.89. The van der Waals surface area contributed by atoms with Crippen molar-refractivity contribution in [1.29, 1.82) is 0 Å². The van der Waals surface area contributed by atoms with Gasteiger partial charge in [0.1, 0.15) is 5.75 Å². The zero-order chi connectivity index (χ0) is 22.7. The molecule has 0 spiro atoms. The maximum absolute atomic E-state index is 12.6. The highest BCUT2D eigenvalue weighted by molar-refractivity contribution is 6.32. The van der Waals surface area contributed by atoms with Crippen molar-refractivity contribution in [3.63, 3.8) is 0 Å². The number of halogens is 1. The molecule has 0 bridgehead atoms. The van der Waals surface area contributed by atoms with E-state index >= 15 is 0 Å². The van der Waals surface area contributed by atoms with Crippen LogP contribution in [0.1, 0.15) is 34.3 Å². The summed E-state index contributed by atoms with van der Waals surface area (Å²) in [5, 5.41) is 32.2. The predicted octanol–water partition coefficient (Wildman–Crippen LogP) is 2.87. The first kappa shape index (κ1) is 22.6. The van der Waals surface area contributed by atoms with Crippen LogP contribution in [-0.2, 0) is 4.79 Å². The number of piperidine rings is 1. The first-order chi connectivity index (χ1) is 14.7. The van der Waals surface area contributed by atoms with Gasteiger partial charge in [0.15, 0.2) is 23.9 Å². The summed E-state index contributed by atoms with van der Waals surface area (Å²) in [4.78, 5) is 26.4. The van der Waals surface area contributed by atoms with Gasteiger partial charge < -0.3 is 30.3 Å². The van der Waals surface area contributed by atoms with Crippen LogP contribution in [0.4, 0.5) is 0 Å².